The van der Waals surface area contributed by atoms with Gasteiger partial charge in [-0.05, 0) is 42.5 Å². The first-order chi connectivity index (χ1) is 11.3. The fourth-order valence-corrected chi connectivity index (χ4v) is 2.46. The van der Waals surface area contributed by atoms with E-state index in [2.05, 4.69) is 50.2 Å². The van der Waals surface area contributed by atoms with Crippen LogP contribution in [-0.4, -0.2) is 16.9 Å². The van der Waals surface area contributed by atoms with Gasteiger partial charge in [0.05, 0.1) is 0 Å². The highest BCUT2D eigenvalue weighted by atomic mass is 16.1. The maximum absolute atomic E-state index is 12.6. The highest BCUT2D eigenvalue weighted by Crippen LogP contribution is 2.29. The predicted molar refractivity (Wildman–Crippen MR) is 101 cm³/mol. The van der Waals surface area contributed by atoms with Crippen LogP contribution in [0.15, 0.2) is 42.6 Å². The molecule has 0 fully saturated rings. The van der Waals surface area contributed by atoms with Crippen molar-refractivity contribution in [2.45, 2.75) is 52.5 Å². The number of hydrogen-bond acceptors (Lipinski definition) is 3. The second-order valence-corrected chi connectivity index (χ2v) is 7.13. The highest BCUT2D eigenvalue weighted by molar-refractivity contribution is 6.03. The van der Waals surface area contributed by atoms with Gasteiger partial charge < -0.3 is 10.6 Å². The summed E-state index contributed by atoms with van der Waals surface area (Å²) in [5, 5.41) is 6.36. The maximum atomic E-state index is 12.6. The second-order valence-electron chi connectivity index (χ2n) is 7.13. The molecule has 128 valence electrons. The van der Waals surface area contributed by atoms with Gasteiger partial charge in [-0.1, -0.05) is 45.9 Å². The molecule has 0 saturated carbocycles. The zero-order valence-electron chi connectivity index (χ0n) is 15.2. The molecule has 4 heteroatoms. The SMILES string of the molecule is CCC(C)Nc1ccnc(C(=O)Nc2ccccc2C(C)(C)C)c1. The Balaban J connectivity index is 2.21. The van der Waals surface area contributed by atoms with Crippen LogP contribution in [0.2, 0.25) is 0 Å². The van der Waals surface area contributed by atoms with Gasteiger partial charge in [0.15, 0.2) is 0 Å². The van der Waals surface area contributed by atoms with Crippen LogP contribution in [0.3, 0.4) is 0 Å². The van der Waals surface area contributed by atoms with Crippen LogP contribution >= 0.6 is 0 Å². The predicted octanol–water partition coefficient (Wildman–Crippen LogP) is 4.84. The van der Waals surface area contributed by atoms with Crippen LogP contribution in [0.4, 0.5) is 11.4 Å². The molecule has 0 saturated heterocycles. The first-order valence-corrected chi connectivity index (χ1v) is 8.44. The molecule has 24 heavy (non-hydrogen) atoms. The molecule has 0 radical (unpaired) electrons. The van der Waals surface area contributed by atoms with Crippen LogP contribution in [0, 0.1) is 0 Å². The molecule has 1 atom stereocenters. The van der Waals surface area contributed by atoms with E-state index in [0.29, 0.717) is 11.7 Å². The summed E-state index contributed by atoms with van der Waals surface area (Å²) in [6.07, 6.45) is 2.68. The summed E-state index contributed by atoms with van der Waals surface area (Å²) in [6.45, 7) is 10.6. The minimum Gasteiger partial charge on any atom is -0.382 e. The summed E-state index contributed by atoms with van der Waals surface area (Å²) < 4.78 is 0. The van der Waals surface area contributed by atoms with Crippen LogP contribution in [0.5, 0.6) is 0 Å². The van der Waals surface area contributed by atoms with Crippen LogP contribution in [0.25, 0.3) is 0 Å². The Kier molecular flexibility index (Phi) is 5.60. The third kappa shape index (κ3) is 4.57. The van der Waals surface area contributed by atoms with Gasteiger partial charge in [0.2, 0.25) is 0 Å². The number of carbonyl (C=O) groups is 1. The van der Waals surface area contributed by atoms with Gasteiger partial charge in [-0.2, -0.15) is 0 Å². The number of amides is 1. The van der Waals surface area contributed by atoms with Crippen molar-refractivity contribution < 1.29 is 4.79 Å². The van der Waals surface area contributed by atoms with Crippen molar-refractivity contribution in [1.29, 1.82) is 0 Å². The summed E-state index contributed by atoms with van der Waals surface area (Å²) in [5.41, 5.74) is 3.21. The summed E-state index contributed by atoms with van der Waals surface area (Å²) in [6, 6.07) is 11.9. The smallest absolute Gasteiger partial charge is 0.274 e. The van der Waals surface area contributed by atoms with Gasteiger partial charge in [0, 0.05) is 23.6 Å². The third-order valence-corrected chi connectivity index (χ3v) is 4.00. The largest absolute Gasteiger partial charge is 0.382 e. The summed E-state index contributed by atoms with van der Waals surface area (Å²) in [7, 11) is 0. The van der Waals surface area contributed by atoms with Crippen molar-refractivity contribution >= 4 is 17.3 Å². The molecule has 0 aliphatic heterocycles. The fourth-order valence-electron chi connectivity index (χ4n) is 2.46. The molecule has 0 aliphatic carbocycles. The zero-order valence-corrected chi connectivity index (χ0v) is 15.2. The van der Waals surface area contributed by atoms with E-state index in [1.807, 2.05) is 30.3 Å². The average molecular weight is 325 g/mol. The quantitative estimate of drug-likeness (QED) is 0.827. The van der Waals surface area contributed by atoms with Crippen LogP contribution in [0.1, 0.15) is 57.1 Å². The van der Waals surface area contributed by atoms with E-state index in [9.17, 15) is 4.79 Å². The molecule has 1 heterocycles. The molecule has 1 amide bonds. The molecular formula is C20H27N3O. The van der Waals surface area contributed by atoms with Gasteiger partial charge in [-0.3, -0.25) is 9.78 Å². The Morgan fingerprint density at radius 3 is 2.58 bits per heavy atom. The highest BCUT2D eigenvalue weighted by Gasteiger charge is 2.19. The molecule has 1 aromatic heterocycles. The van der Waals surface area contributed by atoms with Gasteiger partial charge in [-0.25, -0.2) is 0 Å². The van der Waals surface area contributed by atoms with E-state index < -0.39 is 0 Å². The molecule has 0 aliphatic rings. The second kappa shape index (κ2) is 7.47. The maximum Gasteiger partial charge on any atom is 0.274 e. The number of nitrogens with one attached hydrogen (secondary N) is 2. The standard InChI is InChI=1S/C20H27N3O/c1-6-14(2)22-15-11-12-21-18(13-15)19(24)23-17-10-8-7-9-16(17)20(3,4)5/h7-14H,6H2,1-5H3,(H,21,22)(H,23,24). The molecule has 1 unspecified atom stereocenters. The molecule has 2 N–H and O–H groups in total. The van der Waals surface area contributed by atoms with Crippen molar-refractivity contribution in [1.82, 2.24) is 4.98 Å². The monoisotopic (exact) mass is 325 g/mol. The molecule has 2 aromatic rings. The third-order valence-electron chi connectivity index (χ3n) is 4.00. The van der Waals surface area contributed by atoms with Gasteiger partial charge in [0.1, 0.15) is 5.69 Å². The Morgan fingerprint density at radius 1 is 1.21 bits per heavy atom. The number of anilines is 2. The van der Waals surface area contributed by atoms with Crippen molar-refractivity contribution in [3.05, 3.63) is 53.9 Å². The first kappa shape index (κ1) is 18.0. The Morgan fingerprint density at radius 2 is 1.92 bits per heavy atom. The minimum absolute atomic E-state index is 0.0444. The van der Waals surface area contributed by atoms with Crippen LogP contribution < -0.4 is 10.6 Å². The molecular weight excluding hydrogens is 298 g/mol. The lowest BCUT2D eigenvalue weighted by molar-refractivity contribution is 0.102. The van der Waals surface area contributed by atoms with Crippen molar-refractivity contribution in [3.63, 3.8) is 0 Å². The average Bonchev–Trinajstić information content (AvgIpc) is 2.54. The van der Waals surface area contributed by atoms with E-state index in [1.54, 1.807) is 12.3 Å². The number of hydrogen-bond donors (Lipinski definition) is 2. The normalized spacial score (nSPS) is 12.5. The number of pyridine rings is 1. The number of aromatic nitrogens is 1. The molecule has 1 aromatic carbocycles. The van der Waals surface area contributed by atoms with Crippen molar-refractivity contribution in [2.24, 2.45) is 0 Å². The number of carbonyl (C=O) groups excluding carboxylic acids is 1. The summed E-state index contributed by atoms with van der Waals surface area (Å²) in [5.74, 6) is -0.195. The zero-order chi connectivity index (χ0) is 17.7. The molecule has 4 nitrogen and oxygen atoms in total. The number of benzene rings is 1. The topological polar surface area (TPSA) is 54.0 Å². The number of para-hydroxylation sites is 1. The molecule has 0 bridgehead atoms. The van der Waals surface area contributed by atoms with E-state index in [0.717, 1.165) is 23.4 Å². The number of rotatable bonds is 5. The van der Waals surface area contributed by atoms with E-state index in [1.165, 1.54) is 0 Å². The van der Waals surface area contributed by atoms with Gasteiger partial charge >= 0.3 is 0 Å². The van der Waals surface area contributed by atoms with E-state index >= 15 is 0 Å². The number of nitrogens with zero attached hydrogens (tertiary/aromatic N) is 1. The lowest BCUT2D eigenvalue weighted by Crippen LogP contribution is -2.20. The van der Waals surface area contributed by atoms with E-state index in [-0.39, 0.29) is 11.3 Å². The summed E-state index contributed by atoms with van der Waals surface area (Å²) in [4.78, 5) is 16.8. The Bertz CT molecular complexity index is 704. The van der Waals surface area contributed by atoms with Crippen molar-refractivity contribution in [3.8, 4) is 0 Å². The van der Waals surface area contributed by atoms with Gasteiger partial charge in [-0.15, -0.1) is 0 Å². The molecule has 2 rings (SSSR count). The Labute approximate surface area is 144 Å². The van der Waals surface area contributed by atoms with E-state index in [4.69, 9.17) is 0 Å². The lowest BCUT2D eigenvalue weighted by atomic mass is 9.86. The van der Waals surface area contributed by atoms with Gasteiger partial charge in [0.25, 0.3) is 5.91 Å². The lowest BCUT2D eigenvalue weighted by Gasteiger charge is -2.23. The fraction of sp³-hybridized carbons (Fsp3) is 0.400. The summed E-state index contributed by atoms with van der Waals surface area (Å²) >= 11 is 0. The van der Waals surface area contributed by atoms with Crippen LogP contribution in [-0.2, 0) is 5.41 Å². The first-order valence-electron chi connectivity index (χ1n) is 8.44. The Hall–Kier alpha value is -2.36. The molecule has 0 spiro atoms. The van der Waals surface area contributed by atoms with Crippen molar-refractivity contribution in [2.75, 3.05) is 10.6 Å². The minimum atomic E-state index is -0.195.